The Morgan fingerprint density at radius 1 is 1.39 bits per heavy atom. The van der Waals surface area contributed by atoms with Crippen LogP contribution in [0, 0.1) is 5.92 Å². The first kappa shape index (κ1) is 15.6. The molecule has 1 aliphatic heterocycles. The molecule has 6 heteroatoms. The van der Waals surface area contributed by atoms with Crippen LogP contribution in [-0.4, -0.2) is 40.0 Å². The van der Waals surface area contributed by atoms with Crippen LogP contribution < -0.4 is 10.2 Å². The van der Waals surface area contributed by atoms with Gasteiger partial charge in [-0.1, -0.05) is 6.92 Å². The number of nitrogens with zero attached hydrogens (tertiary/aromatic N) is 4. The maximum atomic E-state index is 12.4. The highest BCUT2D eigenvalue weighted by atomic mass is 16.2. The van der Waals surface area contributed by atoms with E-state index < -0.39 is 0 Å². The molecule has 2 aromatic rings. The monoisotopic (exact) mass is 313 g/mol. The molecule has 122 valence electrons. The lowest BCUT2D eigenvalue weighted by molar-refractivity contribution is -0.125. The van der Waals surface area contributed by atoms with Gasteiger partial charge in [0, 0.05) is 31.5 Å². The van der Waals surface area contributed by atoms with E-state index in [-0.39, 0.29) is 17.9 Å². The summed E-state index contributed by atoms with van der Waals surface area (Å²) < 4.78 is 0. The Kier molecular flexibility index (Phi) is 4.69. The van der Waals surface area contributed by atoms with E-state index in [2.05, 4.69) is 32.1 Å². The minimum absolute atomic E-state index is 0.0373. The summed E-state index contributed by atoms with van der Waals surface area (Å²) in [7, 11) is 0. The van der Waals surface area contributed by atoms with Crippen LogP contribution in [0.1, 0.15) is 33.1 Å². The average Bonchev–Trinajstić information content (AvgIpc) is 2.61. The van der Waals surface area contributed by atoms with Crippen molar-refractivity contribution in [2.45, 2.75) is 39.2 Å². The van der Waals surface area contributed by atoms with Crippen LogP contribution in [-0.2, 0) is 4.79 Å². The molecule has 0 radical (unpaired) electrons. The summed E-state index contributed by atoms with van der Waals surface area (Å²) in [6.45, 7) is 5.81. The minimum atomic E-state index is 0.0373. The number of aromatic nitrogens is 3. The summed E-state index contributed by atoms with van der Waals surface area (Å²) in [5.41, 5.74) is 2.45. The smallest absolute Gasteiger partial charge is 0.225 e. The van der Waals surface area contributed by atoms with Crippen LogP contribution >= 0.6 is 0 Å². The molecule has 0 saturated carbocycles. The van der Waals surface area contributed by atoms with Crippen molar-refractivity contribution in [1.82, 2.24) is 20.3 Å². The second-order valence-corrected chi connectivity index (χ2v) is 6.20. The topological polar surface area (TPSA) is 71.0 Å². The van der Waals surface area contributed by atoms with E-state index in [4.69, 9.17) is 0 Å². The fourth-order valence-corrected chi connectivity index (χ4v) is 2.91. The van der Waals surface area contributed by atoms with Gasteiger partial charge in [0.1, 0.15) is 5.52 Å². The lowest BCUT2D eigenvalue weighted by atomic mass is 9.96. The number of carbonyl (C=O) groups is 1. The molecule has 1 fully saturated rings. The largest absolute Gasteiger partial charge is 0.369 e. The van der Waals surface area contributed by atoms with Gasteiger partial charge in [-0.05, 0) is 32.3 Å². The van der Waals surface area contributed by atoms with Crippen molar-refractivity contribution >= 4 is 22.8 Å². The lowest BCUT2D eigenvalue weighted by Gasteiger charge is -2.34. The van der Waals surface area contributed by atoms with Crippen molar-refractivity contribution in [2.75, 3.05) is 18.0 Å². The van der Waals surface area contributed by atoms with Crippen LogP contribution in [0.25, 0.3) is 11.2 Å². The predicted octanol–water partition coefficient (Wildman–Crippen LogP) is 2.16. The number of pyridine rings is 1. The molecule has 2 aromatic heterocycles. The zero-order valence-electron chi connectivity index (χ0n) is 13.7. The SMILES string of the molecule is CCC(C)NC(=O)C1CCCN(c2cnc3nccnc3c2)C1. The summed E-state index contributed by atoms with van der Waals surface area (Å²) in [6, 6.07) is 2.24. The van der Waals surface area contributed by atoms with Gasteiger partial charge in [-0.2, -0.15) is 0 Å². The van der Waals surface area contributed by atoms with Gasteiger partial charge < -0.3 is 10.2 Å². The molecule has 0 aromatic carbocycles. The summed E-state index contributed by atoms with van der Waals surface area (Å²) in [5, 5.41) is 3.10. The van der Waals surface area contributed by atoms with Gasteiger partial charge in [0.15, 0.2) is 5.65 Å². The number of piperidine rings is 1. The molecule has 1 amide bonds. The summed E-state index contributed by atoms with van der Waals surface area (Å²) >= 11 is 0. The second kappa shape index (κ2) is 6.89. The minimum Gasteiger partial charge on any atom is -0.369 e. The fourth-order valence-electron chi connectivity index (χ4n) is 2.91. The second-order valence-electron chi connectivity index (χ2n) is 6.20. The molecule has 23 heavy (non-hydrogen) atoms. The number of carbonyl (C=O) groups excluding carboxylic acids is 1. The molecule has 2 unspecified atom stereocenters. The number of hydrogen-bond acceptors (Lipinski definition) is 5. The Hall–Kier alpha value is -2.24. The molecule has 1 saturated heterocycles. The first-order chi connectivity index (χ1) is 11.2. The summed E-state index contributed by atoms with van der Waals surface area (Å²) in [6.07, 6.45) is 8.05. The lowest BCUT2D eigenvalue weighted by Crippen LogP contribution is -2.45. The van der Waals surface area contributed by atoms with Crippen molar-refractivity contribution in [3.63, 3.8) is 0 Å². The number of rotatable bonds is 4. The Balaban J connectivity index is 1.73. The highest BCUT2D eigenvalue weighted by Crippen LogP contribution is 2.24. The Labute approximate surface area is 136 Å². The highest BCUT2D eigenvalue weighted by Gasteiger charge is 2.26. The summed E-state index contributed by atoms with van der Waals surface area (Å²) in [5.74, 6) is 0.202. The van der Waals surface area contributed by atoms with Crippen molar-refractivity contribution in [3.8, 4) is 0 Å². The third kappa shape index (κ3) is 3.57. The maximum absolute atomic E-state index is 12.4. The predicted molar refractivity (Wildman–Crippen MR) is 90.2 cm³/mol. The van der Waals surface area contributed by atoms with Crippen molar-refractivity contribution in [1.29, 1.82) is 0 Å². The molecule has 1 N–H and O–H groups in total. The molecular weight excluding hydrogens is 290 g/mol. The Bertz CT molecular complexity index is 689. The van der Waals surface area contributed by atoms with Gasteiger partial charge in [0.05, 0.1) is 17.8 Å². The molecule has 2 atom stereocenters. The van der Waals surface area contributed by atoms with Crippen LogP contribution in [0.2, 0.25) is 0 Å². The first-order valence-corrected chi connectivity index (χ1v) is 8.29. The Morgan fingerprint density at radius 2 is 2.22 bits per heavy atom. The normalized spacial score (nSPS) is 19.6. The quantitative estimate of drug-likeness (QED) is 0.936. The van der Waals surface area contributed by atoms with E-state index in [1.54, 1.807) is 12.4 Å². The number of hydrogen-bond donors (Lipinski definition) is 1. The molecule has 3 heterocycles. The van der Waals surface area contributed by atoms with Gasteiger partial charge in [-0.3, -0.25) is 9.78 Å². The van der Waals surface area contributed by atoms with E-state index >= 15 is 0 Å². The van der Waals surface area contributed by atoms with Gasteiger partial charge >= 0.3 is 0 Å². The number of fused-ring (bicyclic) bond motifs is 1. The molecule has 0 bridgehead atoms. The van der Waals surface area contributed by atoms with Crippen LogP contribution in [0.4, 0.5) is 5.69 Å². The standard InChI is InChI=1S/C17H23N5O/c1-3-12(2)21-17(23)13-5-4-8-22(11-13)14-9-15-16(20-10-14)19-7-6-18-15/h6-7,9-10,12-13H,3-5,8,11H2,1-2H3,(H,21,23). The van der Waals surface area contributed by atoms with E-state index in [1.165, 1.54) is 0 Å². The molecule has 6 nitrogen and oxygen atoms in total. The van der Waals surface area contributed by atoms with Crippen molar-refractivity contribution in [2.24, 2.45) is 5.92 Å². The van der Waals surface area contributed by atoms with Crippen LogP contribution in [0.15, 0.2) is 24.7 Å². The third-order valence-electron chi connectivity index (χ3n) is 4.47. The fraction of sp³-hybridized carbons (Fsp3) is 0.529. The van der Waals surface area contributed by atoms with Crippen molar-refractivity contribution in [3.05, 3.63) is 24.7 Å². The van der Waals surface area contributed by atoms with Gasteiger partial charge in [-0.15, -0.1) is 0 Å². The van der Waals surface area contributed by atoms with Gasteiger partial charge in [-0.25, -0.2) is 9.97 Å². The van der Waals surface area contributed by atoms with Crippen molar-refractivity contribution < 1.29 is 4.79 Å². The van der Waals surface area contributed by atoms with Gasteiger partial charge in [0.2, 0.25) is 5.91 Å². The number of amides is 1. The maximum Gasteiger partial charge on any atom is 0.225 e. The van der Waals surface area contributed by atoms with Crippen LogP contribution in [0.3, 0.4) is 0 Å². The van der Waals surface area contributed by atoms with Gasteiger partial charge in [0.25, 0.3) is 0 Å². The molecule has 3 rings (SSSR count). The number of nitrogens with one attached hydrogen (secondary N) is 1. The number of anilines is 1. The van der Waals surface area contributed by atoms with E-state index in [0.717, 1.165) is 43.6 Å². The molecule has 0 spiro atoms. The first-order valence-electron chi connectivity index (χ1n) is 8.29. The van der Waals surface area contributed by atoms with E-state index in [1.807, 2.05) is 19.2 Å². The van der Waals surface area contributed by atoms with Crippen LogP contribution in [0.5, 0.6) is 0 Å². The molecule has 0 aliphatic carbocycles. The zero-order valence-corrected chi connectivity index (χ0v) is 13.7. The molecular formula is C17H23N5O. The van der Waals surface area contributed by atoms with E-state index in [0.29, 0.717) is 5.65 Å². The summed E-state index contributed by atoms with van der Waals surface area (Å²) in [4.78, 5) is 27.5. The Morgan fingerprint density at radius 3 is 3.04 bits per heavy atom. The third-order valence-corrected chi connectivity index (χ3v) is 4.47. The highest BCUT2D eigenvalue weighted by molar-refractivity contribution is 5.80. The van der Waals surface area contributed by atoms with E-state index in [9.17, 15) is 4.79 Å². The molecule has 1 aliphatic rings. The zero-order chi connectivity index (χ0) is 16.2. The average molecular weight is 313 g/mol.